The number of nitrogens with zero attached hydrogens (tertiary/aromatic N) is 3. The highest BCUT2D eigenvalue weighted by Crippen LogP contribution is 2.31. The van der Waals surface area contributed by atoms with E-state index in [0.717, 1.165) is 16.1 Å². The number of anilines is 1. The van der Waals surface area contributed by atoms with Gasteiger partial charge >= 0.3 is 0 Å². The summed E-state index contributed by atoms with van der Waals surface area (Å²) in [4.78, 5) is 14.3. The Hall–Kier alpha value is -2.79. The van der Waals surface area contributed by atoms with Crippen LogP contribution in [-0.4, -0.2) is 22.6 Å². The Morgan fingerprint density at radius 1 is 1.04 bits per heavy atom. The number of amides is 1. The minimum atomic E-state index is -0.0999. The largest absolute Gasteiger partial charge is 0.283 e. The highest BCUT2D eigenvalue weighted by atomic mass is 32.1. The van der Waals surface area contributed by atoms with Crippen LogP contribution in [0.4, 0.5) is 5.13 Å². The number of hydrogen-bond donors (Lipinski definition) is 0. The van der Waals surface area contributed by atoms with E-state index in [2.05, 4.69) is 55.2 Å². The monoisotopic (exact) mass is 391 g/mol. The number of likely N-dealkylation sites (N-methyl/N-ethyl adjacent to an activating group) is 1. The van der Waals surface area contributed by atoms with Gasteiger partial charge in [0.25, 0.3) is 5.91 Å². The molecule has 1 aromatic heterocycles. The third kappa shape index (κ3) is 4.73. The minimum Gasteiger partial charge on any atom is -0.283 e. The molecule has 0 fully saturated rings. The van der Waals surface area contributed by atoms with Crippen LogP contribution in [0.2, 0.25) is 0 Å². The molecule has 0 aliphatic heterocycles. The maximum absolute atomic E-state index is 12.6. The highest BCUT2D eigenvalue weighted by Gasteiger charge is 2.18. The molecular weight excluding hydrogens is 366 g/mol. The molecule has 0 atom stereocenters. The predicted molar refractivity (Wildman–Crippen MR) is 118 cm³/mol. The van der Waals surface area contributed by atoms with Crippen LogP contribution in [0.3, 0.4) is 0 Å². The van der Waals surface area contributed by atoms with Gasteiger partial charge in [0.2, 0.25) is 5.13 Å². The van der Waals surface area contributed by atoms with Crippen LogP contribution in [0.15, 0.2) is 60.7 Å². The molecule has 5 heteroatoms. The molecule has 0 unspecified atom stereocenters. The normalized spacial score (nSPS) is 11.7. The van der Waals surface area contributed by atoms with E-state index in [1.54, 1.807) is 11.0 Å². The summed E-state index contributed by atoms with van der Waals surface area (Å²) in [6.07, 6.45) is 3.40. The molecule has 0 aliphatic rings. The summed E-state index contributed by atoms with van der Waals surface area (Å²) in [5.74, 6) is -0.0999. The van der Waals surface area contributed by atoms with E-state index in [1.165, 1.54) is 16.9 Å². The van der Waals surface area contributed by atoms with E-state index < -0.39 is 0 Å². The second-order valence-corrected chi connectivity index (χ2v) is 8.50. The molecule has 0 N–H and O–H groups in total. The van der Waals surface area contributed by atoms with E-state index in [-0.39, 0.29) is 11.3 Å². The fraction of sp³-hybridized carbons (Fsp3) is 0.261. The number of benzene rings is 2. The lowest BCUT2D eigenvalue weighted by Gasteiger charge is -2.18. The molecule has 0 bridgehead atoms. The first-order valence-electron chi connectivity index (χ1n) is 9.37. The molecule has 3 rings (SSSR count). The molecule has 1 amide bonds. The van der Waals surface area contributed by atoms with Crippen molar-refractivity contribution >= 4 is 28.5 Å². The van der Waals surface area contributed by atoms with E-state index in [1.807, 2.05) is 43.3 Å². The standard InChI is InChI=1S/C23H25N3OS/c1-5-26(20(27)16-11-17-9-7-6-8-10-17)22-25-24-21(28-22)18-12-14-19(15-13-18)23(2,3)4/h6-16H,5H2,1-4H3/b16-11+. The summed E-state index contributed by atoms with van der Waals surface area (Å²) < 4.78 is 0. The number of rotatable bonds is 5. The molecule has 2 aromatic carbocycles. The summed E-state index contributed by atoms with van der Waals surface area (Å²) in [6, 6.07) is 18.2. The molecule has 4 nitrogen and oxygen atoms in total. The summed E-state index contributed by atoms with van der Waals surface area (Å²) in [5.41, 5.74) is 3.39. The van der Waals surface area contributed by atoms with E-state index in [0.29, 0.717) is 11.7 Å². The van der Waals surface area contributed by atoms with Gasteiger partial charge < -0.3 is 0 Å². The van der Waals surface area contributed by atoms with Crippen LogP contribution in [0.5, 0.6) is 0 Å². The molecule has 0 saturated heterocycles. The van der Waals surface area contributed by atoms with E-state index in [4.69, 9.17) is 0 Å². The fourth-order valence-corrected chi connectivity index (χ4v) is 3.68. The zero-order valence-corrected chi connectivity index (χ0v) is 17.5. The Morgan fingerprint density at radius 2 is 1.71 bits per heavy atom. The average Bonchev–Trinajstić information content (AvgIpc) is 3.17. The van der Waals surface area contributed by atoms with Gasteiger partial charge in [0.05, 0.1) is 0 Å². The van der Waals surface area contributed by atoms with Gasteiger partial charge in [0.1, 0.15) is 5.01 Å². The maximum atomic E-state index is 12.6. The van der Waals surface area contributed by atoms with Gasteiger partial charge in [-0.3, -0.25) is 9.69 Å². The third-order valence-electron chi connectivity index (χ3n) is 4.44. The zero-order chi connectivity index (χ0) is 20.1. The average molecular weight is 392 g/mol. The van der Waals surface area contributed by atoms with Gasteiger partial charge in [-0.05, 0) is 29.5 Å². The number of carbonyl (C=O) groups is 1. The fourth-order valence-electron chi connectivity index (χ4n) is 2.76. The van der Waals surface area contributed by atoms with Crippen molar-refractivity contribution in [3.05, 3.63) is 71.8 Å². The van der Waals surface area contributed by atoms with Gasteiger partial charge in [-0.1, -0.05) is 86.7 Å². The highest BCUT2D eigenvalue weighted by molar-refractivity contribution is 7.18. The summed E-state index contributed by atoms with van der Waals surface area (Å²) in [6.45, 7) is 9.05. The Balaban J connectivity index is 1.77. The summed E-state index contributed by atoms with van der Waals surface area (Å²) in [5, 5.41) is 9.97. The second kappa shape index (κ2) is 8.48. The first-order valence-corrected chi connectivity index (χ1v) is 10.2. The van der Waals surface area contributed by atoms with Crippen molar-refractivity contribution in [1.82, 2.24) is 10.2 Å². The van der Waals surface area contributed by atoms with Crippen LogP contribution in [0.25, 0.3) is 16.6 Å². The second-order valence-electron chi connectivity index (χ2n) is 7.54. The predicted octanol–water partition coefficient (Wildman–Crippen LogP) is 5.57. The quantitative estimate of drug-likeness (QED) is 0.534. The summed E-state index contributed by atoms with van der Waals surface area (Å²) in [7, 11) is 0. The van der Waals surface area contributed by atoms with Crippen LogP contribution in [0, 0.1) is 0 Å². The molecule has 0 saturated carbocycles. The molecule has 3 aromatic rings. The maximum Gasteiger partial charge on any atom is 0.252 e. The van der Waals surface area contributed by atoms with Gasteiger partial charge in [-0.15, -0.1) is 10.2 Å². The Morgan fingerprint density at radius 3 is 2.32 bits per heavy atom. The lowest BCUT2D eigenvalue weighted by atomic mass is 9.87. The van der Waals surface area contributed by atoms with Crippen molar-refractivity contribution in [2.45, 2.75) is 33.1 Å². The third-order valence-corrected chi connectivity index (χ3v) is 5.44. The van der Waals surface area contributed by atoms with Crippen LogP contribution in [0.1, 0.15) is 38.8 Å². The van der Waals surface area contributed by atoms with Gasteiger partial charge in [0.15, 0.2) is 0 Å². The molecular formula is C23H25N3OS. The molecule has 1 heterocycles. The molecule has 0 radical (unpaired) electrons. The Kier molecular flexibility index (Phi) is 6.05. The summed E-state index contributed by atoms with van der Waals surface area (Å²) >= 11 is 1.43. The van der Waals surface area contributed by atoms with Crippen molar-refractivity contribution in [2.75, 3.05) is 11.4 Å². The lowest BCUT2D eigenvalue weighted by Crippen LogP contribution is -2.28. The van der Waals surface area contributed by atoms with E-state index >= 15 is 0 Å². The van der Waals surface area contributed by atoms with Crippen molar-refractivity contribution in [2.24, 2.45) is 0 Å². The van der Waals surface area contributed by atoms with E-state index in [9.17, 15) is 4.79 Å². The van der Waals surface area contributed by atoms with Crippen molar-refractivity contribution < 1.29 is 4.79 Å². The lowest BCUT2D eigenvalue weighted by molar-refractivity contribution is -0.114. The van der Waals surface area contributed by atoms with Crippen molar-refractivity contribution in [3.63, 3.8) is 0 Å². The van der Waals surface area contributed by atoms with Gasteiger partial charge in [-0.2, -0.15) is 0 Å². The number of aromatic nitrogens is 2. The Labute approximate surface area is 170 Å². The smallest absolute Gasteiger partial charge is 0.252 e. The number of carbonyl (C=O) groups excluding carboxylic acids is 1. The topological polar surface area (TPSA) is 46.1 Å². The van der Waals surface area contributed by atoms with Crippen LogP contribution < -0.4 is 4.90 Å². The molecule has 0 spiro atoms. The van der Waals surface area contributed by atoms with Crippen LogP contribution >= 0.6 is 11.3 Å². The molecule has 144 valence electrons. The van der Waals surface area contributed by atoms with Gasteiger partial charge in [0, 0.05) is 18.2 Å². The molecule has 28 heavy (non-hydrogen) atoms. The van der Waals surface area contributed by atoms with Gasteiger partial charge in [-0.25, -0.2) is 0 Å². The Bertz CT molecular complexity index is 954. The first-order chi connectivity index (χ1) is 13.4. The SMILES string of the molecule is CCN(C(=O)/C=C/c1ccccc1)c1nnc(-c2ccc(C(C)(C)C)cc2)s1. The molecule has 0 aliphatic carbocycles. The van der Waals surface area contributed by atoms with Crippen LogP contribution in [-0.2, 0) is 10.2 Å². The van der Waals surface area contributed by atoms with Crippen molar-refractivity contribution in [3.8, 4) is 10.6 Å². The number of hydrogen-bond acceptors (Lipinski definition) is 4. The van der Waals surface area contributed by atoms with Crippen molar-refractivity contribution in [1.29, 1.82) is 0 Å². The minimum absolute atomic E-state index is 0.0999. The zero-order valence-electron chi connectivity index (χ0n) is 16.7. The first kappa shape index (κ1) is 20.0.